The second kappa shape index (κ2) is 9.81. The van der Waals surface area contributed by atoms with E-state index in [0.717, 1.165) is 28.6 Å². The number of carbonyl (C=O) groups is 2. The van der Waals surface area contributed by atoms with Gasteiger partial charge >= 0.3 is 5.97 Å². The Morgan fingerprint density at radius 2 is 1.91 bits per heavy atom. The van der Waals surface area contributed by atoms with Crippen LogP contribution in [0, 0.1) is 12.8 Å². The predicted octanol–water partition coefficient (Wildman–Crippen LogP) is 3.35. The molecule has 2 aromatic carbocycles. The van der Waals surface area contributed by atoms with E-state index in [4.69, 9.17) is 4.74 Å². The van der Waals surface area contributed by atoms with Gasteiger partial charge in [-0.05, 0) is 67.6 Å². The van der Waals surface area contributed by atoms with Crippen molar-refractivity contribution in [3.63, 3.8) is 0 Å². The highest BCUT2D eigenvalue weighted by atomic mass is 32.2. The first-order valence-electron chi connectivity index (χ1n) is 11.0. The molecule has 1 aromatic heterocycles. The third-order valence-corrected chi connectivity index (χ3v) is 8.83. The summed E-state index contributed by atoms with van der Waals surface area (Å²) in [7, 11) is -2.29. The summed E-state index contributed by atoms with van der Waals surface area (Å²) in [6.07, 6.45) is 1.87. The highest BCUT2D eigenvalue weighted by Crippen LogP contribution is 2.24. The molecule has 0 unspecified atom stereocenters. The Bertz CT molecular complexity index is 1400. The number of rotatable bonds is 5. The van der Waals surface area contributed by atoms with E-state index < -0.39 is 21.9 Å². The molecule has 3 aromatic rings. The molecule has 1 fully saturated rings. The van der Waals surface area contributed by atoms with Gasteiger partial charge in [0.2, 0.25) is 10.0 Å². The number of hydrogen-bond acceptors (Lipinski definition) is 6. The van der Waals surface area contributed by atoms with Crippen molar-refractivity contribution in [1.29, 1.82) is 0 Å². The van der Waals surface area contributed by atoms with Gasteiger partial charge in [-0.2, -0.15) is 9.30 Å². The zero-order valence-corrected chi connectivity index (χ0v) is 21.0. The molecule has 4 rings (SSSR count). The average Bonchev–Trinajstić information content (AvgIpc) is 3.14. The summed E-state index contributed by atoms with van der Waals surface area (Å²) in [6, 6.07) is 11.6. The van der Waals surface area contributed by atoms with Gasteiger partial charge in [0.1, 0.15) is 6.54 Å². The molecule has 180 valence electrons. The van der Waals surface area contributed by atoms with Crippen molar-refractivity contribution in [1.82, 2.24) is 8.87 Å². The number of aryl methyl sites for hydroxylation is 1. The SMILES string of the molecule is COC(=O)Cn1c(=NC(=O)c2ccc(S(=O)(=O)N3CCC[C@@H](C)C3)cc2)sc2cc(C)ccc21. The van der Waals surface area contributed by atoms with Crippen molar-refractivity contribution < 1.29 is 22.7 Å². The van der Waals surface area contributed by atoms with Crippen LogP contribution in [0.4, 0.5) is 0 Å². The molecule has 1 amide bonds. The van der Waals surface area contributed by atoms with Gasteiger partial charge in [-0.25, -0.2) is 8.42 Å². The largest absolute Gasteiger partial charge is 0.468 e. The van der Waals surface area contributed by atoms with Crippen molar-refractivity contribution in [3.05, 3.63) is 58.4 Å². The van der Waals surface area contributed by atoms with E-state index in [1.807, 2.05) is 32.0 Å². The smallest absolute Gasteiger partial charge is 0.325 e. The second-order valence-corrected chi connectivity index (χ2v) is 11.5. The lowest BCUT2D eigenvalue weighted by atomic mass is 10.0. The van der Waals surface area contributed by atoms with Gasteiger partial charge in [-0.15, -0.1) is 0 Å². The molecular formula is C24H27N3O5S2. The van der Waals surface area contributed by atoms with Gasteiger partial charge in [0.05, 0.1) is 22.2 Å². The lowest BCUT2D eigenvalue weighted by Crippen LogP contribution is -2.39. The number of benzene rings is 2. The summed E-state index contributed by atoms with van der Waals surface area (Å²) in [5, 5.41) is 0. The van der Waals surface area contributed by atoms with Crippen molar-refractivity contribution in [2.75, 3.05) is 20.2 Å². The number of sulfonamides is 1. The van der Waals surface area contributed by atoms with Crippen LogP contribution in [0.2, 0.25) is 0 Å². The molecule has 1 atom stereocenters. The topological polar surface area (TPSA) is 98.0 Å². The standard InChI is InChI=1S/C24H27N3O5S2/c1-16-6-11-20-21(13-16)33-24(27(20)15-22(28)32-3)25-23(29)18-7-9-19(10-8-18)34(30,31)26-12-4-5-17(2)14-26/h6-11,13,17H,4-5,12,14-15H2,1-3H3/t17-/m1/s1. The minimum atomic E-state index is -3.60. The van der Waals surface area contributed by atoms with Crippen LogP contribution < -0.4 is 4.80 Å². The first kappa shape index (κ1) is 24.3. The summed E-state index contributed by atoms with van der Waals surface area (Å²) in [4.78, 5) is 29.7. The predicted molar refractivity (Wildman–Crippen MR) is 130 cm³/mol. The molecule has 1 aliphatic rings. The molecule has 1 saturated heterocycles. The lowest BCUT2D eigenvalue weighted by Gasteiger charge is -2.30. The number of amides is 1. The third kappa shape index (κ3) is 4.98. The Balaban J connectivity index is 1.65. The minimum Gasteiger partial charge on any atom is -0.468 e. The van der Waals surface area contributed by atoms with Crippen molar-refractivity contribution in [2.45, 2.75) is 38.1 Å². The fourth-order valence-corrected chi connectivity index (χ4v) is 6.77. The van der Waals surface area contributed by atoms with E-state index in [-0.39, 0.29) is 17.0 Å². The Kier molecular flexibility index (Phi) is 7.01. The fourth-order valence-electron chi connectivity index (χ4n) is 4.05. The Morgan fingerprint density at radius 1 is 1.18 bits per heavy atom. The lowest BCUT2D eigenvalue weighted by molar-refractivity contribution is -0.141. The number of thiazole rings is 1. The molecular weight excluding hydrogens is 474 g/mol. The van der Waals surface area contributed by atoms with E-state index in [1.165, 1.54) is 47.0 Å². The van der Waals surface area contributed by atoms with Crippen molar-refractivity contribution in [2.24, 2.45) is 10.9 Å². The Hall–Kier alpha value is -2.82. The summed E-state index contributed by atoms with van der Waals surface area (Å²) >= 11 is 1.31. The van der Waals surface area contributed by atoms with Crippen LogP contribution in [-0.4, -0.2) is 49.4 Å². The quantitative estimate of drug-likeness (QED) is 0.500. The molecule has 0 saturated carbocycles. The van der Waals surface area contributed by atoms with E-state index in [0.29, 0.717) is 23.8 Å². The molecule has 1 aliphatic heterocycles. The number of fused-ring (bicyclic) bond motifs is 1. The summed E-state index contributed by atoms with van der Waals surface area (Å²) in [5.74, 6) is -0.641. The van der Waals surface area contributed by atoms with Crippen molar-refractivity contribution in [3.8, 4) is 0 Å². The van der Waals surface area contributed by atoms with Crippen LogP contribution in [0.1, 0.15) is 35.7 Å². The molecule has 34 heavy (non-hydrogen) atoms. The Morgan fingerprint density at radius 3 is 2.59 bits per heavy atom. The van der Waals surface area contributed by atoms with Crippen molar-refractivity contribution >= 4 is 43.5 Å². The van der Waals surface area contributed by atoms with E-state index in [9.17, 15) is 18.0 Å². The number of piperidine rings is 1. The van der Waals surface area contributed by atoms with Crippen LogP contribution >= 0.6 is 11.3 Å². The molecule has 8 nitrogen and oxygen atoms in total. The minimum absolute atomic E-state index is 0.0723. The number of ether oxygens (including phenoxy) is 1. The maximum Gasteiger partial charge on any atom is 0.325 e. The number of methoxy groups -OCH3 is 1. The number of nitrogens with zero attached hydrogens (tertiary/aromatic N) is 3. The zero-order chi connectivity index (χ0) is 24.5. The van der Waals surface area contributed by atoms with E-state index >= 15 is 0 Å². The van der Waals surface area contributed by atoms with Gasteiger partial charge in [-0.3, -0.25) is 9.59 Å². The molecule has 10 heteroatoms. The van der Waals surface area contributed by atoms with Crippen LogP contribution in [-0.2, 0) is 26.1 Å². The maximum atomic E-state index is 13.0. The molecule has 0 N–H and O–H groups in total. The number of hydrogen-bond donors (Lipinski definition) is 0. The van der Waals surface area contributed by atoms with Gasteiger partial charge in [0, 0.05) is 18.7 Å². The zero-order valence-electron chi connectivity index (χ0n) is 19.4. The number of carbonyl (C=O) groups excluding carboxylic acids is 2. The van der Waals surface area contributed by atoms with Crippen LogP contribution in [0.15, 0.2) is 52.4 Å². The normalized spacial score (nSPS) is 17.7. The molecule has 0 radical (unpaired) electrons. The summed E-state index contributed by atoms with van der Waals surface area (Å²) in [5.41, 5.74) is 2.10. The highest BCUT2D eigenvalue weighted by molar-refractivity contribution is 7.89. The average molecular weight is 502 g/mol. The van der Waals surface area contributed by atoms with Crippen LogP contribution in [0.5, 0.6) is 0 Å². The Labute approximate surface area is 202 Å². The molecule has 0 aliphatic carbocycles. The monoisotopic (exact) mass is 501 g/mol. The van der Waals surface area contributed by atoms with Crippen LogP contribution in [0.3, 0.4) is 0 Å². The van der Waals surface area contributed by atoms with Gasteiger partial charge in [0.25, 0.3) is 5.91 Å². The number of esters is 1. The highest BCUT2D eigenvalue weighted by Gasteiger charge is 2.28. The first-order chi connectivity index (χ1) is 16.2. The van der Waals surface area contributed by atoms with E-state index in [2.05, 4.69) is 4.99 Å². The van der Waals surface area contributed by atoms with Crippen LogP contribution in [0.25, 0.3) is 10.2 Å². The number of aromatic nitrogens is 1. The maximum absolute atomic E-state index is 13.0. The third-order valence-electron chi connectivity index (χ3n) is 5.91. The molecule has 0 spiro atoms. The summed E-state index contributed by atoms with van der Waals surface area (Å²) in [6.45, 7) is 4.95. The van der Waals surface area contributed by atoms with Gasteiger partial charge in [-0.1, -0.05) is 24.3 Å². The summed E-state index contributed by atoms with van der Waals surface area (Å²) < 4.78 is 34.8. The first-order valence-corrected chi connectivity index (χ1v) is 13.3. The fraction of sp³-hybridized carbons (Fsp3) is 0.375. The molecule has 2 heterocycles. The molecule has 0 bridgehead atoms. The van der Waals surface area contributed by atoms with Gasteiger partial charge < -0.3 is 9.30 Å². The second-order valence-electron chi connectivity index (χ2n) is 8.57. The van der Waals surface area contributed by atoms with Gasteiger partial charge in [0.15, 0.2) is 4.80 Å². The van der Waals surface area contributed by atoms with E-state index in [1.54, 1.807) is 4.57 Å².